The molecule has 2 atom stereocenters. The Kier molecular flexibility index (Phi) is 2.66. The maximum absolute atomic E-state index is 9.70. The van der Waals surface area contributed by atoms with Gasteiger partial charge in [-0.2, -0.15) is 0 Å². The lowest BCUT2D eigenvalue weighted by Crippen LogP contribution is -2.41. The third-order valence-corrected chi connectivity index (χ3v) is 3.43. The highest BCUT2D eigenvalue weighted by atomic mass is 16.3. The van der Waals surface area contributed by atoms with Crippen molar-refractivity contribution in [2.24, 2.45) is 11.8 Å². The van der Waals surface area contributed by atoms with Gasteiger partial charge in [0.05, 0.1) is 6.10 Å². The van der Waals surface area contributed by atoms with E-state index in [2.05, 4.69) is 5.32 Å². The first-order chi connectivity index (χ1) is 5.86. The van der Waals surface area contributed by atoms with Crippen LogP contribution in [0.2, 0.25) is 0 Å². The molecule has 1 aliphatic heterocycles. The summed E-state index contributed by atoms with van der Waals surface area (Å²) in [4.78, 5) is 0. The second-order valence-corrected chi connectivity index (χ2v) is 4.35. The molecule has 0 aromatic rings. The Hall–Kier alpha value is -0.0800. The summed E-state index contributed by atoms with van der Waals surface area (Å²) >= 11 is 0. The fourth-order valence-corrected chi connectivity index (χ4v) is 2.31. The molecular weight excluding hydrogens is 150 g/mol. The molecule has 1 saturated carbocycles. The first-order valence-electron chi connectivity index (χ1n) is 5.25. The number of rotatable bonds is 2. The zero-order chi connectivity index (χ0) is 8.39. The van der Waals surface area contributed by atoms with Gasteiger partial charge in [0, 0.05) is 6.54 Å². The molecule has 0 aromatic carbocycles. The molecular formula is C10H19NO. The molecule has 12 heavy (non-hydrogen) atoms. The lowest BCUT2D eigenvalue weighted by atomic mass is 9.76. The fraction of sp³-hybridized carbons (Fsp3) is 1.00. The van der Waals surface area contributed by atoms with Gasteiger partial charge in [-0.1, -0.05) is 19.3 Å². The highest BCUT2D eigenvalue weighted by Crippen LogP contribution is 2.33. The van der Waals surface area contributed by atoms with Crippen molar-refractivity contribution < 1.29 is 5.11 Å². The quantitative estimate of drug-likeness (QED) is 0.650. The van der Waals surface area contributed by atoms with Gasteiger partial charge in [-0.05, 0) is 31.2 Å². The Morgan fingerprint density at radius 3 is 2.67 bits per heavy atom. The van der Waals surface area contributed by atoms with Crippen LogP contribution in [0.25, 0.3) is 0 Å². The van der Waals surface area contributed by atoms with Crippen LogP contribution in [-0.4, -0.2) is 24.3 Å². The summed E-state index contributed by atoms with van der Waals surface area (Å²) in [7, 11) is 0. The van der Waals surface area contributed by atoms with Gasteiger partial charge in [0.25, 0.3) is 0 Å². The summed E-state index contributed by atoms with van der Waals surface area (Å²) in [5.41, 5.74) is 0. The van der Waals surface area contributed by atoms with Crippen molar-refractivity contribution in [3.05, 3.63) is 0 Å². The van der Waals surface area contributed by atoms with Crippen molar-refractivity contribution in [3.8, 4) is 0 Å². The van der Waals surface area contributed by atoms with Gasteiger partial charge in [0.2, 0.25) is 0 Å². The van der Waals surface area contributed by atoms with Crippen molar-refractivity contribution in [2.45, 2.75) is 38.2 Å². The van der Waals surface area contributed by atoms with E-state index in [-0.39, 0.29) is 6.10 Å². The topological polar surface area (TPSA) is 32.3 Å². The Balaban J connectivity index is 1.76. The molecule has 2 N–H and O–H groups in total. The summed E-state index contributed by atoms with van der Waals surface area (Å²) in [6, 6.07) is 0. The van der Waals surface area contributed by atoms with Crippen LogP contribution in [0.15, 0.2) is 0 Å². The second-order valence-electron chi connectivity index (χ2n) is 4.35. The first kappa shape index (κ1) is 8.52. The summed E-state index contributed by atoms with van der Waals surface area (Å²) < 4.78 is 0. The number of hydrogen-bond donors (Lipinski definition) is 2. The van der Waals surface area contributed by atoms with E-state index in [1.54, 1.807) is 0 Å². The molecule has 0 radical (unpaired) electrons. The van der Waals surface area contributed by atoms with Gasteiger partial charge in [0.1, 0.15) is 0 Å². The van der Waals surface area contributed by atoms with Crippen LogP contribution in [0.3, 0.4) is 0 Å². The molecule has 0 amide bonds. The minimum Gasteiger partial charge on any atom is -0.393 e. The van der Waals surface area contributed by atoms with Gasteiger partial charge in [0.15, 0.2) is 0 Å². The molecule has 2 aliphatic rings. The highest BCUT2D eigenvalue weighted by molar-refractivity contribution is 4.82. The van der Waals surface area contributed by atoms with E-state index in [4.69, 9.17) is 0 Å². The minimum absolute atomic E-state index is 0.0214. The third kappa shape index (κ3) is 1.80. The molecule has 2 unspecified atom stereocenters. The number of hydrogen-bond acceptors (Lipinski definition) is 2. The maximum Gasteiger partial charge on any atom is 0.0592 e. The van der Waals surface area contributed by atoms with E-state index < -0.39 is 0 Å². The summed E-state index contributed by atoms with van der Waals surface area (Å²) in [6.07, 6.45) is 6.42. The molecule has 1 aliphatic carbocycles. The lowest BCUT2D eigenvalue weighted by molar-refractivity contribution is 0.0561. The normalized spacial score (nSPS) is 37.8. The zero-order valence-corrected chi connectivity index (χ0v) is 7.63. The van der Waals surface area contributed by atoms with E-state index in [0.717, 1.165) is 25.4 Å². The van der Waals surface area contributed by atoms with Gasteiger partial charge in [-0.3, -0.25) is 0 Å². The standard InChI is InChI=1S/C10H19NO/c12-10-4-5-11-7-9(10)6-8-2-1-3-8/h8-12H,1-7H2. The van der Waals surface area contributed by atoms with Gasteiger partial charge < -0.3 is 10.4 Å². The Labute approximate surface area is 74.4 Å². The molecule has 1 saturated heterocycles. The van der Waals surface area contributed by atoms with Crippen molar-refractivity contribution in [1.82, 2.24) is 5.32 Å². The lowest BCUT2D eigenvalue weighted by Gasteiger charge is -2.34. The Bertz CT molecular complexity index is 145. The summed E-state index contributed by atoms with van der Waals surface area (Å²) in [5.74, 6) is 1.48. The van der Waals surface area contributed by atoms with Crippen LogP contribution in [0.1, 0.15) is 32.1 Å². The molecule has 0 bridgehead atoms. The molecule has 0 spiro atoms. The largest absolute Gasteiger partial charge is 0.393 e. The van der Waals surface area contributed by atoms with Crippen LogP contribution in [0.4, 0.5) is 0 Å². The maximum atomic E-state index is 9.70. The first-order valence-corrected chi connectivity index (χ1v) is 5.25. The number of aliphatic hydroxyl groups is 1. The summed E-state index contributed by atoms with van der Waals surface area (Å²) in [6.45, 7) is 2.04. The third-order valence-electron chi connectivity index (χ3n) is 3.43. The molecule has 2 rings (SSSR count). The van der Waals surface area contributed by atoms with E-state index in [9.17, 15) is 5.11 Å². The predicted molar refractivity (Wildman–Crippen MR) is 48.9 cm³/mol. The predicted octanol–water partition coefficient (Wildman–Crippen LogP) is 1.15. The molecule has 1 heterocycles. The smallest absolute Gasteiger partial charge is 0.0592 e. The zero-order valence-electron chi connectivity index (χ0n) is 7.63. The van der Waals surface area contributed by atoms with Gasteiger partial charge in [-0.25, -0.2) is 0 Å². The molecule has 2 nitrogen and oxygen atoms in total. The van der Waals surface area contributed by atoms with Crippen molar-refractivity contribution in [2.75, 3.05) is 13.1 Å². The average molecular weight is 169 g/mol. The van der Waals surface area contributed by atoms with Crippen LogP contribution in [0.5, 0.6) is 0 Å². The monoisotopic (exact) mass is 169 g/mol. The van der Waals surface area contributed by atoms with E-state index in [1.165, 1.54) is 25.7 Å². The van der Waals surface area contributed by atoms with Crippen LogP contribution in [-0.2, 0) is 0 Å². The van der Waals surface area contributed by atoms with Crippen LogP contribution < -0.4 is 5.32 Å². The molecule has 2 heteroatoms. The molecule has 70 valence electrons. The number of nitrogens with one attached hydrogen (secondary N) is 1. The van der Waals surface area contributed by atoms with Gasteiger partial charge in [-0.15, -0.1) is 0 Å². The average Bonchev–Trinajstić information content (AvgIpc) is 2.00. The van der Waals surface area contributed by atoms with E-state index in [0.29, 0.717) is 5.92 Å². The molecule has 2 fully saturated rings. The van der Waals surface area contributed by atoms with Crippen molar-refractivity contribution in [1.29, 1.82) is 0 Å². The van der Waals surface area contributed by atoms with Crippen molar-refractivity contribution >= 4 is 0 Å². The minimum atomic E-state index is -0.0214. The van der Waals surface area contributed by atoms with Gasteiger partial charge >= 0.3 is 0 Å². The second kappa shape index (κ2) is 3.75. The molecule has 0 aromatic heterocycles. The summed E-state index contributed by atoms with van der Waals surface area (Å²) in [5, 5.41) is 13.1. The SMILES string of the molecule is OC1CCNCC1CC1CCC1. The van der Waals surface area contributed by atoms with E-state index >= 15 is 0 Å². The van der Waals surface area contributed by atoms with Crippen LogP contribution >= 0.6 is 0 Å². The number of aliphatic hydroxyl groups excluding tert-OH is 1. The Morgan fingerprint density at radius 1 is 1.25 bits per heavy atom. The highest BCUT2D eigenvalue weighted by Gasteiger charge is 2.28. The number of piperidine rings is 1. The van der Waals surface area contributed by atoms with Crippen molar-refractivity contribution in [3.63, 3.8) is 0 Å². The fourth-order valence-electron chi connectivity index (χ4n) is 2.31. The van der Waals surface area contributed by atoms with Crippen LogP contribution in [0, 0.1) is 11.8 Å². The van der Waals surface area contributed by atoms with E-state index in [1.807, 2.05) is 0 Å². The Morgan fingerprint density at radius 2 is 2.08 bits per heavy atom.